The molecule has 0 aliphatic rings. The lowest BCUT2D eigenvalue weighted by Crippen LogP contribution is -2.23. The molecular weight excluding hydrogens is 278 g/mol. The Balaban J connectivity index is 1.64. The van der Waals surface area contributed by atoms with Gasteiger partial charge in [0.05, 0.1) is 12.2 Å². The summed E-state index contributed by atoms with van der Waals surface area (Å²) in [5.41, 5.74) is 2.73. The van der Waals surface area contributed by atoms with Gasteiger partial charge in [-0.2, -0.15) is 0 Å². The predicted molar refractivity (Wildman–Crippen MR) is 85.3 cm³/mol. The van der Waals surface area contributed by atoms with Gasteiger partial charge in [0.2, 0.25) is 11.9 Å². The number of anilines is 1. The van der Waals surface area contributed by atoms with Gasteiger partial charge in [-0.25, -0.2) is 9.97 Å². The van der Waals surface area contributed by atoms with Crippen molar-refractivity contribution in [3.63, 3.8) is 0 Å². The standard InChI is InChI=1S/C16H21N5O/c1-12-10-13(2)21-16(20-12)18-9-5-7-15(22)19-11-14-6-3-4-8-17-14/h3-4,6,8,10H,5,7,9,11H2,1-2H3,(H,19,22)(H,18,20,21). The maximum Gasteiger partial charge on any atom is 0.223 e. The molecule has 0 bridgehead atoms. The molecule has 1 amide bonds. The first-order valence-corrected chi connectivity index (χ1v) is 7.36. The number of carbonyl (C=O) groups is 1. The third-order valence-electron chi connectivity index (χ3n) is 3.04. The van der Waals surface area contributed by atoms with Crippen LogP contribution in [0.2, 0.25) is 0 Å². The zero-order valence-corrected chi connectivity index (χ0v) is 13.0. The summed E-state index contributed by atoms with van der Waals surface area (Å²) < 4.78 is 0. The van der Waals surface area contributed by atoms with E-state index in [1.165, 1.54) is 0 Å². The molecule has 6 nitrogen and oxygen atoms in total. The topological polar surface area (TPSA) is 79.8 Å². The maximum atomic E-state index is 11.7. The van der Waals surface area contributed by atoms with E-state index in [4.69, 9.17) is 0 Å². The van der Waals surface area contributed by atoms with Gasteiger partial charge >= 0.3 is 0 Å². The molecule has 116 valence electrons. The van der Waals surface area contributed by atoms with Gasteiger partial charge in [0.1, 0.15) is 0 Å². The Bertz CT molecular complexity index is 595. The highest BCUT2D eigenvalue weighted by molar-refractivity contribution is 5.75. The summed E-state index contributed by atoms with van der Waals surface area (Å²) in [5.74, 6) is 0.639. The molecule has 0 fully saturated rings. The molecule has 2 aromatic heterocycles. The van der Waals surface area contributed by atoms with E-state index in [0.717, 1.165) is 23.5 Å². The highest BCUT2D eigenvalue weighted by Gasteiger charge is 2.03. The highest BCUT2D eigenvalue weighted by atomic mass is 16.1. The Hall–Kier alpha value is -2.50. The zero-order chi connectivity index (χ0) is 15.8. The van der Waals surface area contributed by atoms with Crippen LogP contribution in [0.4, 0.5) is 5.95 Å². The van der Waals surface area contributed by atoms with Gasteiger partial charge in [0, 0.05) is 30.6 Å². The van der Waals surface area contributed by atoms with Crippen molar-refractivity contribution in [2.75, 3.05) is 11.9 Å². The van der Waals surface area contributed by atoms with Crippen LogP contribution in [0.25, 0.3) is 0 Å². The van der Waals surface area contributed by atoms with Crippen LogP contribution in [0.3, 0.4) is 0 Å². The lowest BCUT2D eigenvalue weighted by atomic mass is 10.3. The Morgan fingerprint density at radius 3 is 2.64 bits per heavy atom. The van der Waals surface area contributed by atoms with Gasteiger partial charge in [-0.3, -0.25) is 9.78 Å². The van der Waals surface area contributed by atoms with Crippen LogP contribution in [0.15, 0.2) is 30.5 Å². The van der Waals surface area contributed by atoms with Gasteiger partial charge in [-0.1, -0.05) is 6.07 Å². The Labute approximate surface area is 130 Å². The normalized spacial score (nSPS) is 10.3. The van der Waals surface area contributed by atoms with E-state index in [1.807, 2.05) is 38.1 Å². The first-order valence-electron chi connectivity index (χ1n) is 7.36. The van der Waals surface area contributed by atoms with Crippen LogP contribution in [-0.2, 0) is 11.3 Å². The molecule has 0 saturated carbocycles. The van der Waals surface area contributed by atoms with E-state index in [9.17, 15) is 4.79 Å². The molecule has 0 radical (unpaired) electrons. The summed E-state index contributed by atoms with van der Waals surface area (Å²) in [7, 11) is 0. The van der Waals surface area contributed by atoms with Crippen molar-refractivity contribution in [1.29, 1.82) is 0 Å². The Morgan fingerprint density at radius 2 is 1.95 bits per heavy atom. The Morgan fingerprint density at radius 1 is 1.18 bits per heavy atom. The van der Waals surface area contributed by atoms with Crippen molar-refractivity contribution in [3.05, 3.63) is 47.5 Å². The molecule has 2 rings (SSSR count). The minimum atomic E-state index is 0.0220. The fourth-order valence-corrected chi connectivity index (χ4v) is 2.03. The number of pyridine rings is 1. The van der Waals surface area contributed by atoms with Crippen molar-refractivity contribution in [1.82, 2.24) is 20.3 Å². The van der Waals surface area contributed by atoms with Crippen molar-refractivity contribution in [2.24, 2.45) is 0 Å². The van der Waals surface area contributed by atoms with E-state index < -0.39 is 0 Å². The lowest BCUT2D eigenvalue weighted by molar-refractivity contribution is -0.121. The van der Waals surface area contributed by atoms with Crippen LogP contribution < -0.4 is 10.6 Å². The largest absolute Gasteiger partial charge is 0.354 e. The lowest BCUT2D eigenvalue weighted by Gasteiger charge is -2.07. The quantitative estimate of drug-likeness (QED) is 0.764. The number of amides is 1. The summed E-state index contributed by atoms with van der Waals surface area (Å²) >= 11 is 0. The minimum absolute atomic E-state index is 0.0220. The third kappa shape index (κ3) is 5.47. The average Bonchev–Trinajstić information content (AvgIpc) is 2.50. The highest BCUT2D eigenvalue weighted by Crippen LogP contribution is 2.04. The van der Waals surface area contributed by atoms with Crippen LogP contribution in [0.1, 0.15) is 29.9 Å². The number of carbonyl (C=O) groups excluding carboxylic acids is 1. The second-order valence-electron chi connectivity index (χ2n) is 5.10. The van der Waals surface area contributed by atoms with E-state index in [-0.39, 0.29) is 5.91 Å². The molecule has 2 aromatic rings. The second-order valence-corrected chi connectivity index (χ2v) is 5.10. The SMILES string of the molecule is Cc1cc(C)nc(NCCCC(=O)NCc2ccccn2)n1. The number of hydrogen-bond acceptors (Lipinski definition) is 5. The molecule has 0 aliphatic carbocycles. The molecular formula is C16H21N5O. The molecule has 22 heavy (non-hydrogen) atoms. The summed E-state index contributed by atoms with van der Waals surface area (Å²) in [6, 6.07) is 7.57. The molecule has 0 unspecified atom stereocenters. The summed E-state index contributed by atoms with van der Waals surface area (Å²) in [4.78, 5) is 24.5. The minimum Gasteiger partial charge on any atom is -0.354 e. The molecule has 6 heteroatoms. The van der Waals surface area contributed by atoms with E-state index in [1.54, 1.807) is 6.20 Å². The van der Waals surface area contributed by atoms with Crippen molar-refractivity contribution in [3.8, 4) is 0 Å². The van der Waals surface area contributed by atoms with E-state index in [0.29, 0.717) is 25.5 Å². The summed E-state index contributed by atoms with van der Waals surface area (Å²) in [6.45, 7) is 5.00. The van der Waals surface area contributed by atoms with Gasteiger partial charge in [0.25, 0.3) is 0 Å². The number of nitrogens with zero attached hydrogens (tertiary/aromatic N) is 3. The monoisotopic (exact) mass is 299 g/mol. The number of aromatic nitrogens is 3. The molecule has 0 spiro atoms. The molecule has 0 saturated heterocycles. The fraction of sp³-hybridized carbons (Fsp3) is 0.375. The number of rotatable bonds is 7. The number of hydrogen-bond donors (Lipinski definition) is 2. The van der Waals surface area contributed by atoms with Crippen LogP contribution >= 0.6 is 0 Å². The van der Waals surface area contributed by atoms with Gasteiger partial charge < -0.3 is 10.6 Å². The zero-order valence-electron chi connectivity index (χ0n) is 13.0. The molecule has 2 N–H and O–H groups in total. The van der Waals surface area contributed by atoms with Crippen LogP contribution in [-0.4, -0.2) is 27.4 Å². The molecule has 0 aliphatic heterocycles. The van der Waals surface area contributed by atoms with Gasteiger partial charge in [-0.05, 0) is 38.5 Å². The summed E-state index contributed by atoms with van der Waals surface area (Å²) in [6.07, 6.45) is 2.91. The maximum absolute atomic E-state index is 11.7. The van der Waals surface area contributed by atoms with Crippen molar-refractivity contribution >= 4 is 11.9 Å². The van der Waals surface area contributed by atoms with Gasteiger partial charge in [0.15, 0.2) is 0 Å². The predicted octanol–water partition coefficient (Wildman–Crippen LogP) is 2.00. The third-order valence-corrected chi connectivity index (χ3v) is 3.04. The Kier molecular flexibility index (Phi) is 5.82. The van der Waals surface area contributed by atoms with E-state index >= 15 is 0 Å². The van der Waals surface area contributed by atoms with Gasteiger partial charge in [-0.15, -0.1) is 0 Å². The molecule has 0 atom stereocenters. The van der Waals surface area contributed by atoms with Crippen LogP contribution in [0, 0.1) is 13.8 Å². The average molecular weight is 299 g/mol. The first-order chi connectivity index (χ1) is 10.6. The van der Waals surface area contributed by atoms with Crippen LogP contribution in [0.5, 0.6) is 0 Å². The van der Waals surface area contributed by atoms with E-state index in [2.05, 4.69) is 25.6 Å². The number of aryl methyl sites for hydroxylation is 2. The number of nitrogens with one attached hydrogen (secondary N) is 2. The smallest absolute Gasteiger partial charge is 0.223 e. The van der Waals surface area contributed by atoms with Crippen molar-refractivity contribution in [2.45, 2.75) is 33.2 Å². The first kappa shape index (κ1) is 15.9. The van der Waals surface area contributed by atoms with Crippen molar-refractivity contribution < 1.29 is 4.79 Å². The molecule has 0 aromatic carbocycles. The fourth-order valence-electron chi connectivity index (χ4n) is 2.03. The molecule has 2 heterocycles. The summed E-state index contributed by atoms with van der Waals surface area (Å²) in [5, 5.41) is 6.00. The second kappa shape index (κ2) is 8.07.